The van der Waals surface area contributed by atoms with Gasteiger partial charge in [0.2, 0.25) is 0 Å². The fourth-order valence-electron chi connectivity index (χ4n) is 1.62. The molecular formula is C10H11ClO4S2. The van der Waals surface area contributed by atoms with Gasteiger partial charge >= 0.3 is 0 Å². The van der Waals surface area contributed by atoms with Crippen molar-refractivity contribution in [3.8, 4) is 0 Å². The highest BCUT2D eigenvalue weighted by Gasteiger charge is 2.51. The van der Waals surface area contributed by atoms with Gasteiger partial charge in [-0.1, -0.05) is 12.2 Å². The van der Waals surface area contributed by atoms with Gasteiger partial charge in [-0.25, -0.2) is 8.42 Å². The van der Waals surface area contributed by atoms with Crippen LogP contribution in [0.4, 0.5) is 0 Å². The first-order chi connectivity index (χ1) is 7.63. The van der Waals surface area contributed by atoms with Crippen LogP contribution in [0.1, 0.15) is 13.8 Å². The number of ketones is 2. The Hall–Kier alpha value is -0.590. The van der Waals surface area contributed by atoms with E-state index in [9.17, 15) is 18.0 Å². The number of halogens is 1. The molecule has 4 nitrogen and oxygen atoms in total. The van der Waals surface area contributed by atoms with E-state index in [1.165, 1.54) is 19.1 Å². The van der Waals surface area contributed by atoms with Gasteiger partial charge in [0.15, 0.2) is 16.3 Å². The highest BCUT2D eigenvalue weighted by molar-refractivity contribution is 8.16. The van der Waals surface area contributed by atoms with Crippen LogP contribution in [0.25, 0.3) is 0 Å². The van der Waals surface area contributed by atoms with Crippen LogP contribution >= 0.6 is 23.3 Å². The molecule has 0 fully saturated rings. The van der Waals surface area contributed by atoms with Crippen LogP contribution in [0.5, 0.6) is 0 Å². The maximum atomic E-state index is 11.6. The number of hydrogen-bond acceptors (Lipinski definition) is 5. The van der Waals surface area contributed by atoms with Crippen molar-refractivity contribution in [3.63, 3.8) is 0 Å². The lowest BCUT2D eigenvalue weighted by molar-refractivity contribution is -0.118. The van der Waals surface area contributed by atoms with Crippen molar-refractivity contribution in [2.24, 2.45) is 0 Å². The fourth-order valence-corrected chi connectivity index (χ4v) is 4.29. The Morgan fingerprint density at radius 2 is 1.94 bits per heavy atom. The Kier molecular flexibility index (Phi) is 3.91. The van der Waals surface area contributed by atoms with Crippen LogP contribution in [-0.2, 0) is 18.6 Å². The number of carbonyl (C=O) groups excluding carboxylic acids is 2. The Morgan fingerprint density at radius 3 is 2.29 bits per heavy atom. The van der Waals surface area contributed by atoms with E-state index in [2.05, 4.69) is 12.6 Å². The third-order valence-electron chi connectivity index (χ3n) is 2.63. The van der Waals surface area contributed by atoms with Crippen molar-refractivity contribution in [1.82, 2.24) is 0 Å². The largest absolute Gasteiger partial charge is 0.298 e. The minimum absolute atomic E-state index is 0.134. The van der Waals surface area contributed by atoms with E-state index >= 15 is 0 Å². The molecule has 17 heavy (non-hydrogen) atoms. The van der Waals surface area contributed by atoms with Crippen LogP contribution < -0.4 is 0 Å². The first-order valence-corrected chi connectivity index (χ1v) is 7.51. The molecule has 0 radical (unpaired) electrons. The summed E-state index contributed by atoms with van der Waals surface area (Å²) in [6.45, 7) is 2.39. The molecule has 1 rings (SSSR count). The highest BCUT2D eigenvalue weighted by Crippen LogP contribution is 2.36. The van der Waals surface area contributed by atoms with Crippen LogP contribution in [0.2, 0.25) is 0 Å². The molecule has 1 aliphatic carbocycles. The topological polar surface area (TPSA) is 68.3 Å². The average Bonchev–Trinajstić information content (AvgIpc) is 2.15. The summed E-state index contributed by atoms with van der Waals surface area (Å²) < 4.78 is 21.3. The van der Waals surface area contributed by atoms with E-state index < -0.39 is 24.8 Å². The van der Waals surface area contributed by atoms with Crippen molar-refractivity contribution < 1.29 is 18.0 Å². The second-order valence-electron chi connectivity index (χ2n) is 3.75. The molecule has 0 aliphatic heterocycles. The number of Topliss-reactive ketones (excluding diaryl/α,β-unsaturated/α-hetero) is 2. The average molecular weight is 295 g/mol. The van der Waals surface area contributed by atoms with Crippen molar-refractivity contribution >= 4 is 43.9 Å². The van der Waals surface area contributed by atoms with Gasteiger partial charge in [0.05, 0.1) is 5.25 Å². The van der Waals surface area contributed by atoms with Crippen molar-refractivity contribution in [3.05, 3.63) is 23.8 Å². The lowest BCUT2D eigenvalue weighted by Crippen LogP contribution is -2.49. The summed E-state index contributed by atoms with van der Waals surface area (Å²) >= 11 is 4.06. The lowest BCUT2D eigenvalue weighted by Gasteiger charge is -2.31. The summed E-state index contributed by atoms with van der Waals surface area (Å²) in [6.07, 6.45) is 3.89. The van der Waals surface area contributed by atoms with E-state index in [0.29, 0.717) is 0 Å². The van der Waals surface area contributed by atoms with Crippen LogP contribution in [-0.4, -0.2) is 30.0 Å². The molecule has 0 aromatic carbocycles. The number of carbonyl (C=O) groups is 2. The van der Waals surface area contributed by atoms with Gasteiger partial charge in [-0.15, -0.1) is 0 Å². The van der Waals surface area contributed by atoms with Gasteiger partial charge in [-0.2, -0.15) is 12.6 Å². The van der Waals surface area contributed by atoms with Crippen molar-refractivity contribution in [1.29, 1.82) is 0 Å². The predicted octanol–water partition coefficient (Wildman–Crippen LogP) is 1.27. The molecular weight excluding hydrogens is 284 g/mol. The molecule has 1 aliphatic rings. The maximum Gasteiger partial charge on any atom is 0.250 e. The second kappa shape index (κ2) is 4.59. The molecule has 2 unspecified atom stereocenters. The number of rotatable bonds is 3. The summed E-state index contributed by atoms with van der Waals surface area (Å²) in [5.41, 5.74) is 0.134. The molecule has 0 aromatic rings. The van der Waals surface area contributed by atoms with E-state index in [-0.39, 0.29) is 11.4 Å². The van der Waals surface area contributed by atoms with Gasteiger partial charge in [-0.05, 0) is 19.9 Å². The molecule has 0 saturated heterocycles. The smallest absolute Gasteiger partial charge is 0.250 e. The summed E-state index contributed by atoms with van der Waals surface area (Å²) in [5.74, 6) is -1.01. The number of allylic oxidation sites excluding steroid dienone is 2. The number of thiol groups is 1. The first kappa shape index (κ1) is 14.5. The van der Waals surface area contributed by atoms with Gasteiger partial charge < -0.3 is 0 Å². The van der Waals surface area contributed by atoms with Crippen LogP contribution in [0.3, 0.4) is 0 Å². The quantitative estimate of drug-likeness (QED) is 0.629. The Morgan fingerprint density at radius 1 is 1.41 bits per heavy atom. The van der Waals surface area contributed by atoms with Crippen LogP contribution in [0, 0.1) is 0 Å². The maximum absolute atomic E-state index is 11.6. The standard InChI is InChI=1S/C10H11ClO4S2/c1-6(12)8-3-4-9(16)10(5-8,7(2)13)17(11,14)15/h3-5,9,16H,1-2H3. The Labute approximate surface area is 110 Å². The zero-order valence-corrected chi connectivity index (χ0v) is 11.6. The van der Waals surface area contributed by atoms with Crippen molar-refractivity contribution in [2.45, 2.75) is 23.8 Å². The monoisotopic (exact) mass is 294 g/mol. The van der Waals surface area contributed by atoms with Gasteiger partial charge in [0, 0.05) is 16.3 Å². The predicted molar refractivity (Wildman–Crippen MR) is 68.9 cm³/mol. The fraction of sp³-hybridized carbons (Fsp3) is 0.400. The minimum atomic E-state index is -4.24. The van der Waals surface area contributed by atoms with Crippen molar-refractivity contribution in [2.75, 3.05) is 0 Å². The van der Waals surface area contributed by atoms with E-state index in [1.807, 2.05) is 0 Å². The third-order valence-corrected chi connectivity index (χ3v) is 5.61. The molecule has 2 atom stereocenters. The zero-order chi connectivity index (χ0) is 13.4. The van der Waals surface area contributed by atoms with E-state index in [4.69, 9.17) is 10.7 Å². The molecule has 0 bridgehead atoms. The van der Waals surface area contributed by atoms with E-state index in [0.717, 1.165) is 13.0 Å². The Balaban J connectivity index is 3.56. The molecule has 0 N–H and O–H groups in total. The minimum Gasteiger partial charge on any atom is -0.298 e. The zero-order valence-electron chi connectivity index (χ0n) is 9.18. The highest BCUT2D eigenvalue weighted by atomic mass is 35.7. The Bertz CT molecular complexity index is 533. The molecule has 94 valence electrons. The molecule has 0 spiro atoms. The molecule has 7 heteroatoms. The van der Waals surface area contributed by atoms with Crippen LogP contribution in [0.15, 0.2) is 23.8 Å². The molecule has 0 amide bonds. The number of hydrogen-bond donors (Lipinski definition) is 1. The summed E-state index contributed by atoms with van der Waals surface area (Å²) in [7, 11) is 1.11. The van der Waals surface area contributed by atoms with Gasteiger partial charge in [0.25, 0.3) is 9.05 Å². The molecule has 0 aromatic heterocycles. The summed E-state index contributed by atoms with van der Waals surface area (Å²) in [4.78, 5) is 22.9. The molecule has 0 heterocycles. The normalized spacial score (nSPS) is 28.7. The summed E-state index contributed by atoms with van der Waals surface area (Å²) in [6, 6.07) is 0. The second-order valence-corrected chi connectivity index (χ2v) is 7.07. The van der Waals surface area contributed by atoms with E-state index in [1.54, 1.807) is 0 Å². The summed E-state index contributed by atoms with van der Waals surface area (Å²) in [5, 5.41) is -0.911. The first-order valence-electron chi connectivity index (χ1n) is 4.68. The lowest BCUT2D eigenvalue weighted by atomic mass is 9.90. The van der Waals surface area contributed by atoms with Gasteiger partial charge in [0.1, 0.15) is 0 Å². The van der Waals surface area contributed by atoms with Gasteiger partial charge in [-0.3, -0.25) is 9.59 Å². The molecule has 0 saturated carbocycles. The SMILES string of the molecule is CC(=O)C1=CC(C(C)=O)(S(=O)(=O)Cl)C(S)C=C1. The third kappa shape index (κ3) is 2.34.